The van der Waals surface area contributed by atoms with E-state index in [-0.39, 0.29) is 6.04 Å². The molecule has 0 fully saturated rings. The van der Waals surface area contributed by atoms with E-state index in [9.17, 15) is 0 Å². The first-order valence-corrected chi connectivity index (χ1v) is 2.08. The second-order valence-corrected chi connectivity index (χ2v) is 1.44. The summed E-state index contributed by atoms with van der Waals surface area (Å²) in [5, 5.41) is 0. The van der Waals surface area contributed by atoms with Gasteiger partial charge in [0.25, 0.3) is 0 Å². The molecule has 1 rings (SSSR count). The molecule has 0 aromatic rings. The van der Waals surface area contributed by atoms with Gasteiger partial charge in [-0.2, -0.15) is 0 Å². The van der Waals surface area contributed by atoms with E-state index in [4.69, 9.17) is 10.5 Å². The lowest BCUT2D eigenvalue weighted by molar-refractivity contribution is 0.361. The van der Waals surface area contributed by atoms with Crippen molar-refractivity contribution in [1.82, 2.24) is 0 Å². The summed E-state index contributed by atoms with van der Waals surface area (Å²) in [6, 6.07) is -0.0833. The Morgan fingerprint density at radius 1 is 1.86 bits per heavy atom. The predicted octanol–water partition coefficient (Wildman–Crippen LogP) is 0.371. The normalized spacial score (nSPS) is 28.1. The summed E-state index contributed by atoms with van der Waals surface area (Å²) in [4.78, 5) is 0. The van der Waals surface area contributed by atoms with E-state index in [0.717, 1.165) is 0 Å². The molecular formula is C5H7NO. The van der Waals surface area contributed by atoms with Gasteiger partial charge in [0.2, 0.25) is 0 Å². The molecule has 2 heteroatoms. The highest BCUT2D eigenvalue weighted by Gasteiger charge is 2.07. The predicted molar refractivity (Wildman–Crippen MR) is 27.3 cm³/mol. The largest absolute Gasteiger partial charge is 0.468 e. The molecule has 0 saturated heterocycles. The quantitative estimate of drug-likeness (QED) is 0.474. The minimum absolute atomic E-state index is 0.0833. The van der Waals surface area contributed by atoms with Crippen molar-refractivity contribution in [2.24, 2.45) is 5.73 Å². The topological polar surface area (TPSA) is 35.2 Å². The van der Waals surface area contributed by atoms with E-state index in [1.165, 1.54) is 0 Å². The molecule has 0 aliphatic carbocycles. The summed E-state index contributed by atoms with van der Waals surface area (Å²) in [5.74, 6) is 0.625. The fourth-order valence-corrected chi connectivity index (χ4v) is 0.397. The van der Waals surface area contributed by atoms with Gasteiger partial charge in [-0.25, -0.2) is 0 Å². The molecule has 2 nitrogen and oxygen atoms in total. The molecule has 0 saturated carbocycles. The summed E-state index contributed by atoms with van der Waals surface area (Å²) < 4.78 is 4.77. The van der Waals surface area contributed by atoms with E-state index in [0.29, 0.717) is 5.76 Å². The van der Waals surface area contributed by atoms with E-state index >= 15 is 0 Å². The van der Waals surface area contributed by atoms with Gasteiger partial charge in [-0.3, -0.25) is 0 Å². The molecule has 0 amide bonds. The maximum atomic E-state index is 5.37. The highest BCUT2D eigenvalue weighted by atomic mass is 16.5. The van der Waals surface area contributed by atoms with Crippen LogP contribution in [0.3, 0.4) is 0 Å². The maximum Gasteiger partial charge on any atom is 0.117 e. The van der Waals surface area contributed by atoms with Crippen LogP contribution in [0, 0.1) is 0 Å². The van der Waals surface area contributed by atoms with Crippen molar-refractivity contribution in [2.45, 2.75) is 6.04 Å². The molecule has 7 heavy (non-hydrogen) atoms. The minimum Gasteiger partial charge on any atom is -0.468 e. The lowest BCUT2D eigenvalue weighted by atomic mass is 10.3. The fourth-order valence-electron chi connectivity index (χ4n) is 0.397. The summed E-state index contributed by atoms with van der Waals surface area (Å²) in [7, 11) is 0. The number of ether oxygens (including phenoxy) is 1. The Bertz CT molecular complexity index is 117. The van der Waals surface area contributed by atoms with Crippen LogP contribution in [-0.2, 0) is 4.74 Å². The molecular weight excluding hydrogens is 90.1 g/mol. The van der Waals surface area contributed by atoms with Crippen LogP contribution < -0.4 is 5.73 Å². The number of nitrogens with two attached hydrogens (primary N) is 1. The van der Waals surface area contributed by atoms with Crippen LogP contribution in [0.1, 0.15) is 0 Å². The lowest BCUT2D eigenvalue weighted by Gasteiger charge is -1.97. The average molecular weight is 97.1 g/mol. The molecule has 1 atom stereocenters. The molecule has 38 valence electrons. The van der Waals surface area contributed by atoms with Gasteiger partial charge in [-0.05, 0) is 6.08 Å². The standard InChI is InChI=1S/C5H7NO/c1-4-5(6)2-3-7-4/h2-3,5H,1,6H2. The number of hydrogen-bond donors (Lipinski definition) is 1. The Labute approximate surface area is 42.3 Å². The minimum atomic E-state index is -0.0833. The monoisotopic (exact) mass is 97.1 g/mol. The first-order valence-electron chi connectivity index (χ1n) is 2.08. The lowest BCUT2D eigenvalue weighted by Crippen LogP contribution is -2.15. The molecule has 1 heterocycles. The Morgan fingerprint density at radius 3 is 2.71 bits per heavy atom. The van der Waals surface area contributed by atoms with Crippen LogP contribution >= 0.6 is 0 Å². The third-order valence-electron chi connectivity index (χ3n) is 0.877. The molecule has 0 bridgehead atoms. The smallest absolute Gasteiger partial charge is 0.117 e. The van der Waals surface area contributed by atoms with Crippen molar-refractivity contribution >= 4 is 0 Å². The third kappa shape index (κ3) is 0.644. The van der Waals surface area contributed by atoms with Gasteiger partial charge >= 0.3 is 0 Å². The van der Waals surface area contributed by atoms with Crippen molar-refractivity contribution in [3.63, 3.8) is 0 Å². The molecule has 1 aliphatic heterocycles. The van der Waals surface area contributed by atoms with Crippen molar-refractivity contribution in [1.29, 1.82) is 0 Å². The second kappa shape index (κ2) is 1.39. The van der Waals surface area contributed by atoms with Crippen LogP contribution in [0.2, 0.25) is 0 Å². The van der Waals surface area contributed by atoms with E-state index in [1.807, 2.05) is 0 Å². The Kier molecular flexibility index (Phi) is 0.872. The molecule has 0 radical (unpaired) electrons. The van der Waals surface area contributed by atoms with Crippen LogP contribution in [0.15, 0.2) is 24.7 Å². The fraction of sp³-hybridized carbons (Fsp3) is 0.200. The van der Waals surface area contributed by atoms with Crippen LogP contribution in [0.4, 0.5) is 0 Å². The van der Waals surface area contributed by atoms with Crippen LogP contribution in [0.25, 0.3) is 0 Å². The molecule has 0 aromatic carbocycles. The highest BCUT2D eigenvalue weighted by molar-refractivity contribution is 5.12. The van der Waals surface area contributed by atoms with Gasteiger partial charge in [0.15, 0.2) is 0 Å². The average Bonchev–Trinajstić information content (AvgIpc) is 1.91. The second-order valence-electron chi connectivity index (χ2n) is 1.44. The van der Waals surface area contributed by atoms with Gasteiger partial charge in [0.05, 0.1) is 12.3 Å². The Balaban J connectivity index is 2.62. The van der Waals surface area contributed by atoms with Crippen molar-refractivity contribution in [2.75, 3.05) is 0 Å². The molecule has 1 unspecified atom stereocenters. The Morgan fingerprint density at radius 2 is 2.57 bits per heavy atom. The van der Waals surface area contributed by atoms with Crippen molar-refractivity contribution in [3.05, 3.63) is 24.7 Å². The summed E-state index contributed by atoms with van der Waals surface area (Å²) in [6.45, 7) is 3.53. The molecule has 0 spiro atoms. The number of hydrogen-bond acceptors (Lipinski definition) is 2. The molecule has 2 N–H and O–H groups in total. The zero-order valence-corrected chi connectivity index (χ0v) is 3.92. The Hall–Kier alpha value is -0.760. The van der Waals surface area contributed by atoms with Gasteiger partial charge in [-0.15, -0.1) is 0 Å². The maximum absolute atomic E-state index is 5.37. The SMILES string of the molecule is C=C1OC=CC1N. The number of rotatable bonds is 0. The van der Waals surface area contributed by atoms with E-state index in [2.05, 4.69) is 6.58 Å². The molecule has 0 aromatic heterocycles. The first kappa shape index (κ1) is 4.40. The van der Waals surface area contributed by atoms with Crippen LogP contribution in [-0.4, -0.2) is 6.04 Å². The highest BCUT2D eigenvalue weighted by Crippen LogP contribution is 2.07. The van der Waals surface area contributed by atoms with Crippen LogP contribution in [0.5, 0.6) is 0 Å². The molecule has 1 aliphatic rings. The van der Waals surface area contributed by atoms with Crippen molar-refractivity contribution < 1.29 is 4.74 Å². The van der Waals surface area contributed by atoms with E-state index in [1.54, 1.807) is 12.3 Å². The van der Waals surface area contributed by atoms with E-state index < -0.39 is 0 Å². The van der Waals surface area contributed by atoms with Gasteiger partial charge in [-0.1, -0.05) is 6.58 Å². The summed E-state index contributed by atoms with van der Waals surface area (Å²) >= 11 is 0. The summed E-state index contributed by atoms with van der Waals surface area (Å²) in [6.07, 6.45) is 3.30. The zero-order valence-electron chi connectivity index (χ0n) is 3.92. The van der Waals surface area contributed by atoms with Gasteiger partial charge < -0.3 is 10.5 Å². The zero-order chi connectivity index (χ0) is 5.28. The van der Waals surface area contributed by atoms with Gasteiger partial charge in [0, 0.05) is 0 Å². The summed E-state index contributed by atoms with van der Waals surface area (Å²) in [5.41, 5.74) is 5.37. The third-order valence-corrected chi connectivity index (χ3v) is 0.877. The first-order chi connectivity index (χ1) is 3.30. The van der Waals surface area contributed by atoms with Crippen molar-refractivity contribution in [3.8, 4) is 0 Å². The van der Waals surface area contributed by atoms with Gasteiger partial charge in [0.1, 0.15) is 5.76 Å².